The van der Waals surface area contributed by atoms with Gasteiger partial charge in [-0.2, -0.15) is 0 Å². The van der Waals surface area contributed by atoms with Crippen LogP contribution in [0.3, 0.4) is 0 Å². The summed E-state index contributed by atoms with van der Waals surface area (Å²) in [5.74, 6) is -1.64. The van der Waals surface area contributed by atoms with Crippen LogP contribution in [-0.4, -0.2) is 205 Å². The van der Waals surface area contributed by atoms with Crippen molar-refractivity contribution in [3.05, 3.63) is 24.3 Å². The van der Waals surface area contributed by atoms with E-state index in [0.717, 1.165) is 141 Å². The summed E-state index contributed by atoms with van der Waals surface area (Å²) >= 11 is 0. The first-order chi connectivity index (χ1) is 57.5. The van der Waals surface area contributed by atoms with Crippen LogP contribution in [0.1, 0.15) is 401 Å². The van der Waals surface area contributed by atoms with Gasteiger partial charge < -0.3 is 88.7 Å². The molecule has 26 heteroatoms. The smallest absolute Gasteiger partial charge is 0.463 e. The van der Waals surface area contributed by atoms with Gasteiger partial charge >= 0.3 is 31.7 Å². The van der Waals surface area contributed by atoms with E-state index in [9.17, 15) is 74.6 Å². The van der Waals surface area contributed by atoms with E-state index in [1.807, 2.05) is 0 Å². The third-order valence-corrected chi connectivity index (χ3v) is 24.7. The highest BCUT2D eigenvalue weighted by Gasteiger charge is 2.60. The minimum Gasteiger partial charge on any atom is -0.463 e. The lowest BCUT2D eigenvalue weighted by molar-refractivity contribution is -0.360. The summed E-state index contributed by atoms with van der Waals surface area (Å²) < 4.78 is 73.5. The van der Waals surface area contributed by atoms with Gasteiger partial charge in [-0.25, -0.2) is 4.57 Å². The summed E-state index contributed by atoms with van der Waals surface area (Å²) in [7, 11) is -5.82. The Morgan fingerprint density at radius 3 is 1.10 bits per heavy atom. The van der Waals surface area contributed by atoms with Crippen LogP contribution in [0.15, 0.2) is 24.3 Å². The molecular weight excluding hydrogens is 1550 g/mol. The maximum atomic E-state index is 14.9. The van der Waals surface area contributed by atoms with Gasteiger partial charge in [0, 0.05) is 25.7 Å². The number of rotatable bonds is 76. The van der Waals surface area contributed by atoms with Gasteiger partial charge in [-0.15, -0.1) is 0 Å². The van der Waals surface area contributed by atoms with Crippen LogP contribution in [0.5, 0.6) is 0 Å². The number of phosphoric acid groups is 1. The summed E-state index contributed by atoms with van der Waals surface area (Å²) in [6.07, 6.45) is 27.5. The first-order valence-electron chi connectivity index (χ1n) is 47.9. The Bertz CT molecular complexity index is 2600. The van der Waals surface area contributed by atoms with E-state index in [1.54, 1.807) is 0 Å². The number of allylic oxidation sites excluding steroid dienone is 4. The molecule has 2 saturated heterocycles. The van der Waals surface area contributed by atoms with Crippen molar-refractivity contribution in [1.29, 1.82) is 0 Å². The first-order valence-corrected chi connectivity index (χ1v) is 49.3. The Kier molecular flexibility index (Phi) is 64.8. The van der Waals surface area contributed by atoms with Crippen molar-refractivity contribution in [3.63, 3.8) is 0 Å². The van der Waals surface area contributed by atoms with E-state index < -0.39 is 162 Å². The Balaban J connectivity index is 1.93. The number of aliphatic hydroxyl groups is 9. The maximum absolute atomic E-state index is 14.9. The quantitative estimate of drug-likeness (QED) is 0.00889. The molecule has 3 fully saturated rings. The minimum absolute atomic E-state index is 0.0133. The van der Waals surface area contributed by atoms with Crippen molar-refractivity contribution < 1.29 is 122 Å². The molecule has 0 bridgehead atoms. The normalized spacial score (nSPS) is 25.4. The number of unbranched alkanes of at least 4 members (excludes halogenated alkanes) is 40. The molecule has 119 heavy (non-hydrogen) atoms. The van der Waals surface area contributed by atoms with E-state index in [0.29, 0.717) is 43.9 Å². The van der Waals surface area contributed by atoms with Crippen LogP contribution >= 0.6 is 7.82 Å². The molecule has 0 amide bonds. The van der Waals surface area contributed by atoms with Gasteiger partial charge in [0.25, 0.3) is 0 Å². The number of hydrogen-bond acceptors (Lipinski definition) is 24. The number of esters is 4. The topological polar surface area (TPSA) is 380 Å². The molecule has 3 aliphatic rings. The molecule has 20 unspecified atom stereocenters. The van der Waals surface area contributed by atoms with Gasteiger partial charge in [-0.05, 0) is 88.9 Å². The van der Waals surface area contributed by atoms with Gasteiger partial charge in [-0.1, -0.05) is 323 Å². The zero-order valence-corrected chi connectivity index (χ0v) is 75.6. The second kappa shape index (κ2) is 70.1. The minimum atomic E-state index is -5.82. The zero-order valence-electron chi connectivity index (χ0n) is 74.7. The van der Waals surface area contributed by atoms with E-state index in [-0.39, 0.29) is 25.7 Å². The predicted octanol–water partition coefficient (Wildman–Crippen LogP) is 17.8. The van der Waals surface area contributed by atoms with Crippen molar-refractivity contribution >= 4 is 31.7 Å². The second-order valence-corrected chi connectivity index (χ2v) is 36.2. The largest absolute Gasteiger partial charge is 0.472 e. The van der Waals surface area contributed by atoms with Crippen LogP contribution in [0.4, 0.5) is 0 Å². The fraction of sp³-hybridized carbons (Fsp3) is 0.914. The number of hydrogen-bond donors (Lipinski definition) is 10. The third-order valence-electron chi connectivity index (χ3n) is 23.7. The molecule has 2 aliphatic heterocycles. The van der Waals surface area contributed by atoms with Gasteiger partial charge in [0.05, 0.1) is 13.2 Å². The van der Waals surface area contributed by atoms with Gasteiger partial charge in [0.15, 0.2) is 24.8 Å². The lowest BCUT2D eigenvalue weighted by Gasteiger charge is -2.50. The van der Waals surface area contributed by atoms with Crippen LogP contribution < -0.4 is 0 Å². The van der Waals surface area contributed by atoms with Crippen molar-refractivity contribution in [2.24, 2.45) is 11.8 Å². The monoisotopic (exact) mass is 1720 g/mol. The lowest BCUT2D eigenvalue weighted by atomic mass is 9.84. The molecule has 0 radical (unpaired) electrons. The fourth-order valence-electron chi connectivity index (χ4n) is 15.9. The molecule has 698 valence electrons. The Morgan fingerprint density at radius 1 is 0.353 bits per heavy atom. The summed E-state index contributed by atoms with van der Waals surface area (Å²) in [5.41, 5.74) is 0. The molecule has 0 aromatic carbocycles. The number of phosphoric ester groups is 1. The summed E-state index contributed by atoms with van der Waals surface area (Å²) in [4.78, 5) is 66.6. The molecular formula is C93H171O25P. The maximum Gasteiger partial charge on any atom is 0.472 e. The predicted molar refractivity (Wildman–Crippen MR) is 462 cm³/mol. The molecule has 2 heterocycles. The molecule has 0 aromatic rings. The number of carbonyl (C=O) groups is 4. The van der Waals surface area contributed by atoms with Crippen LogP contribution in [0.25, 0.3) is 0 Å². The highest BCUT2D eigenvalue weighted by molar-refractivity contribution is 7.47. The first kappa shape index (κ1) is 110. The van der Waals surface area contributed by atoms with E-state index in [1.165, 1.54) is 161 Å². The molecule has 1 aliphatic carbocycles. The average molecular weight is 1720 g/mol. The van der Waals surface area contributed by atoms with E-state index >= 15 is 0 Å². The molecule has 20 atom stereocenters. The number of ether oxygens (including phenoxy) is 8. The fourth-order valence-corrected chi connectivity index (χ4v) is 16.9. The molecule has 10 N–H and O–H groups in total. The highest BCUT2D eigenvalue weighted by atomic mass is 31.2. The summed E-state index contributed by atoms with van der Waals surface area (Å²) in [6.45, 7) is 10.2. The molecule has 0 spiro atoms. The average Bonchev–Trinajstić information content (AvgIpc) is 0.754. The molecule has 3 rings (SSSR count). The van der Waals surface area contributed by atoms with Crippen molar-refractivity contribution in [2.75, 3.05) is 26.4 Å². The van der Waals surface area contributed by atoms with Crippen LogP contribution in [0.2, 0.25) is 0 Å². The van der Waals surface area contributed by atoms with Gasteiger partial charge in [0.1, 0.15) is 92.6 Å². The van der Waals surface area contributed by atoms with E-state index in [2.05, 4.69) is 65.8 Å². The standard InChI is InChI=1S/C93H171O25P/c1-7-11-15-19-23-25-27-29-30-32-34-36-38-49-58-66-79(98)115-88-84(103)85(104)89(116-92-86(105)82(101)80(99)74(67-94)113-92)91(90(88)117-93-87(106)83(102)81(100)75(114-93)70-110-77(96)64-56-48-41-39-45-53-61-71(5)59-51-43-21-17-13-9-3)118-119(107,108)111-69-73(68-109-76(95)63-55-47-37-35-33-31-28-26-24-20-16-12-8-2)112-78(97)65-57-50-42-40-46-54-62-72(6)60-52-44-22-18-14-10-4/h25,27,31,33,71-75,80-94,99-106H,7-24,26,28-30,32,34-70H2,1-6H3,(H,107,108)/b27-25-,33-31-. The Morgan fingerprint density at radius 2 is 0.681 bits per heavy atom. The molecule has 1 saturated carbocycles. The molecule has 25 nitrogen and oxygen atoms in total. The van der Waals surface area contributed by atoms with Crippen molar-refractivity contribution in [3.8, 4) is 0 Å². The van der Waals surface area contributed by atoms with Crippen LogP contribution in [0, 0.1) is 11.8 Å². The number of carbonyl (C=O) groups excluding carboxylic acids is 4. The SMILES string of the molecule is CCCCCC/C=C\CCCCCCCCCC(=O)OC1C(O)C(O)C(OC2OC(CO)C(O)C(O)C2O)C(OP(=O)(O)OCC(COC(=O)CCCCC/C=C\CCCCCCCC)OC(=O)CCCCCCCCC(C)CCCCCCCC)C1OC1OC(COC(=O)CCCCCCCCC(C)CCCCCCCC)C(O)C(O)C1O. The lowest BCUT2D eigenvalue weighted by Crippen LogP contribution is -2.70. The Hall–Kier alpha value is -3.05. The summed E-state index contributed by atoms with van der Waals surface area (Å²) in [6, 6.07) is 0. The van der Waals surface area contributed by atoms with Crippen molar-refractivity contribution in [2.45, 2.75) is 505 Å². The van der Waals surface area contributed by atoms with Crippen LogP contribution in [-0.2, 0) is 70.7 Å². The number of aliphatic hydroxyl groups excluding tert-OH is 9. The van der Waals surface area contributed by atoms with E-state index in [4.69, 9.17) is 46.9 Å². The zero-order chi connectivity index (χ0) is 87.1. The Labute approximate surface area is 717 Å². The van der Waals surface area contributed by atoms with Gasteiger partial charge in [0.2, 0.25) is 0 Å². The van der Waals surface area contributed by atoms with Gasteiger partial charge in [-0.3, -0.25) is 28.2 Å². The third kappa shape index (κ3) is 50.8. The summed E-state index contributed by atoms with van der Waals surface area (Å²) in [5, 5.41) is 102. The highest BCUT2D eigenvalue weighted by Crippen LogP contribution is 2.49. The van der Waals surface area contributed by atoms with Crippen molar-refractivity contribution in [1.82, 2.24) is 0 Å². The molecule has 0 aromatic heterocycles. The second-order valence-electron chi connectivity index (χ2n) is 34.8.